The number of nitrogens with one attached hydrogen (secondary N) is 1. The number of rotatable bonds is 9. The molecule has 0 aliphatic rings. The number of likely N-dealkylation sites (N-methyl/N-ethyl adjacent to an activating group) is 1. The van der Waals surface area contributed by atoms with Gasteiger partial charge in [0.15, 0.2) is 0 Å². The molecule has 0 aliphatic heterocycles. The van der Waals surface area contributed by atoms with Crippen LogP contribution in [0.5, 0.6) is 5.75 Å². The summed E-state index contributed by atoms with van der Waals surface area (Å²) in [6.45, 7) is 3.79. The van der Waals surface area contributed by atoms with E-state index in [0.717, 1.165) is 17.9 Å². The number of para-hydroxylation sites is 1. The van der Waals surface area contributed by atoms with Gasteiger partial charge in [-0.2, -0.15) is 0 Å². The van der Waals surface area contributed by atoms with Gasteiger partial charge in [0, 0.05) is 45.1 Å². The highest BCUT2D eigenvalue weighted by Crippen LogP contribution is 2.16. The number of benzene rings is 1. The van der Waals surface area contributed by atoms with E-state index >= 15 is 0 Å². The minimum atomic E-state index is -0.0768. The van der Waals surface area contributed by atoms with Crippen molar-refractivity contribution in [2.45, 2.75) is 19.9 Å². The lowest BCUT2D eigenvalue weighted by Crippen LogP contribution is -2.38. The van der Waals surface area contributed by atoms with Gasteiger partial charge in [0.05, 0.1) is 7.11 Å². The van der Waals surface area contributed by atoms with Crippen LogP contribution in [-0.2, 0) is 16.1 Å². The van der Waals surface area contributed by atoms with Crippen LogP contribution in [0.3, 0.4) is 0 Å². The first-order chi connectivity index (χ1) is 10.9. The number of methoxy groups -OCH3 is 1. The Morgan fingerprint density at radius 1 is 1.13 bits per heavy atom. The minimum Gasteiger partial charge on any atom is -0.496 e. The molecule has 0 saturated carbocycles. The van der Waals surface area contributed by atoms with Crippen molar-refractivity contribution in [3.05, 3.63) is 29.8 Å². The molecule has 0 aliphatic carbocycles. The van der Waals surface area contributed by atoms with E-state index in [9.17, 15) is 9.59 Å². The molecule has 0 saturated heterocycles. The van der Waals surface area contributed by atoms with Crippen LogP contribution in [-0.4, -0.2) is 62.5 Å². The average molecular weight is 321 g/mol. The number of hydrogen-bond donors (Lipinski definition) is 1. The molecule has 1 rings (SSSR count). The van der Waals surface area contributed by atoms with Crippen molar-refractivity contribution in [3.63, 3.8) is 0 Å². The standard InChI is InChI=1S/C17H27N3O3/c1-14(21)20(12-11-19(2)3)10-9-17(22)18-13-15-7-5-6-8-16(15)23-4/h5-8H,9-13H2,1-4H3,(H,18,22). The molecule has 1 aromatic carbocycles. The van der Waals surface area contributed by atoms with Crippen molar-refractivity contribution in [1.82, 2.24) is 15.1 Å². The average Bonchev–Trinajstić information content (AvgIpc) is 2.52. The molecule has 1 N–H and O–H groups in total. The van der Waals surface area contributed by atoms with Crippen molar-refractivity contribution < 1.29 is 14.3 Å². The van der Waals surface area contributed by atoms with Gasteiger partial charge in [0.1, 0.15) is 5.75 Å². The second-order valence-electron chi connectivity index (χ2n) is 5.65. The largest absolute Gasteiger partial charge is 0.496 e. The Morgan fingerprint density at radius 3 is 2.43 bits per heavy atom. The molecule has 23 heavy (non-hydrogen) atoms. The highest BCUT2D eigenvalue weighted by atomic mass is 16.5. The quantitative estimate of drug-likeness (QED) is 0.740. The fourth-order valence-corrected chi connectivity index (χ4v) is 2.12. The number of hydrogen-bond acceptors (Lipinski definition) is 4. The molecule has 0 atom stereocenters. The normalized spacial score (nSPS) is 10.5. The van der Waals surface area contributed by atoms with Crippen molar-refractivity contribution in [1.29, 1.82) is 0 Å². The summed E-state index contributed by atoms with van der Waals surface area (Å²) in [5, 5.41) is 2.87. The van der Waals surface area contributed by atoms with E-state index in [2.05, 4.69) is 5.32 Å². The number of carbonyl (C=O) groups excluding carboxylic acids is 2. The van der Waals surface area contributed by atoms with Crippen molar-refractivity contribution in [2.75, 3.05) is 40.8 Å². The summed E-state index contributed by atoms with van der Waals surface area (Å²) in [5.74, 6) is 0.667. The van der Waals surface area contributed by atoms with E-state index in [4.69, 9.17) is 4.74 Å². The van der Waals surface area contributed by atoms with Crippen LogP contribution < -0.4 is 10.1 Å². The summed E-state index contributed by atoms with van der Waals surface area (Å²) in [4.78, 5) is 27.3. The second kappa shape index (κ2) is 9.84. The molecule has 0 bridgehead atoms. The third kappa shape index (κ3) is 7.15. The molecule has 0 aromatic heterocycles. The molecule has 6 nitrogen and oxygen atoms in total. The highest BCUT2D eigenvalue weighted by molar-refractivity contribution is 5.78. The molecule has 0 radical (unpaired) electrons. The summed E-state index contributed by atoms with van der Waals surface area (Å²) in [5.41, 5.74) is 0.930. The van der Waals surface area contributed by atoms with E-state index in [1.807, 2.05) is 43.3 Å². The van der Waals surface area contributed by atoms with Gasteiger partial charge < -0.3 is 19.9 Å². The zero-order valence-corrected chi connectivity index (χ0v) is 14.5. The molecule has 2 amide bonds. The fraction of sp³-hybridized carbons (Fsp3) is 0.529. The monoisotopic (exact) mass is 321 g/mol. The Balaban J connectivity index is 2.41. The van der Waals surface area contributed by atoms with Crippen LogP contribution in [0.2, 0.25) is 0 Å². The molecular weight excluding hydrogens is 294 g/mol. The summed E-state index contributed by atoms with van der Waals surface area (Å²) in [7, 11) is 5.52. The Labute approximate surface area is 138 Å². The highest BCUT2D eigenvalue weighted by Gasteiger charge is 2.11. The summed E-state index contributed by atoms with van der Waals surface area (Å²) in [6.07, 6.45) is 0.294. The molecule has 0 heterocycles. The van der Waals surface area contributed by atoms with Gasteiger partial charge in [-0.1, -0.05) is 18.2 Å². The van der Waals surface area contributed by atoms with Crippen LogP contribution in [0.25, 0.3) is 0 Å². The first-order valence-electron chi connectivity index (χ1n) is 7.73. The maximum Gasteiger partial charge on any atom is 0.222 e. The van der Waals surface area contributed by atoms with Crippen LogP contribution in [0.15, 0.2) is 24.3 Å². The molecule has 0 spiro atoms. The minimum absolute atomic E-state index is 0.00983. The maximum atomic E-state index is 12.0. The number of carbonyl (C=O) groups is 2. The Morgan fingerprint density at radius 2 is 1.83 bits per heavy atom. The summed E-state index contributed by atoms with van der Waals surface area (Å²) in [6, 6.07) is 7.57. The van der Waals surface area contributed by atoms with Gasteiger partial charge in [0.2, 0.25) is 11.8 Å². The zero-order valence-electron chi connectivity index (χ0n) is 14.5. The number of nitrogens with zero attached hydrogens (tertiary/aromatic N) is 2. The Kier molecular flexibility index (Phi) is 8.11. The van der Waals surface area contributed by atoms with Crippen molar-refractivity contribution >= 4 is 11.8 Å². The zero-order chi connectivity index (χ0) is 17.2. The third-order valence-electron chi connectivity index (χ3n) is 3.54. The number of amides is 2. The number of ether oxygens (including phenoxy) is 1. The van der Waals surface area contributed by atoms with E-state index in [0.29, 0.717) is 26.1 Å². The van der Waals surface area contributed by atoms with Gasteiger partial charge in [-0.05, 0) is 20.2 Å². The smallest absolute Gasteiger partial charge is 0.222 e. The van der Waals surface area contributed by atoms with E-state index in [1.165, 1.54) is 6.92 Å². The van der Waals surface area contributed by atoms with Crippen LogP contribution in [0.4, 0.5) is 0 Å². The van der Waals surface area contributed by atoms with Gasteiger partial charge in [-0.25, -0.2) is 0 Å². The van der Waals surface area contributed by atoms with Crippen molar-refractivity contribution in [3.8, 4) is 5.75 Å². The van der Waals surface area contributed by atoms with Crippen LogP contribution in [0.1, 0.15) is 18.9 Å². The van der Waals surface area contributed by atoms with Crippen molar-refractivity contribution in [2.24, 2.45) is 0 Å². The van der Waals surface area contributed by atoms with Gasteiger partial charge in [-0.3, -0.25) is 9.59 Å². The molecule has 0 unspecified atom stereocenters. The Bertz CT molecular complexity index is 518. The van der Waals surface area contributed by atoms with Crippen LogP contribution >= 0.6 is 0 Å². The van der Waals surface area contributed by atoms with E-state index in [-0.39, 0.29) is 11.8 Å². The topological polar surface area (TPSA) is 61.9 Å². The molecule has 1 aromatic rings. The Hall–Kier alpha value is -2.08. The van der Waals surface area contributed by atoms with Gasteiger partial charge in [-0.15, -0.1) is 0 Å². The SMILES string of the molecule is COc1ccccc1CNC(=O)CCN(CCN(C)C)C(C)=O. The molecular formula is C17H27N3O3. The lowest BCUT2D eigenvalue weighted by Gasteiger charge is -2.22. The van der Waals surface area contributed by atoms with Gasteiger partial charge in [0.25, 0.3) is 0 Å². The predicted octanol–water partition coefficient (Wildman–Crippen LogP) is 1.11. The molecule has 6 heteroatoms. The second-order valence-corrected chi connectivity index (χ2v) is 5.65. The maximum absolute atomic E-state index is 12.0. The first-order valence-corrected chi connectivity index (χ1v) is 7.73. The molecule has 0 fully saturated rings. The van der Waals surface area contributed by atoms with Crippen LogP contribution in [0, 0.1) is 0 Å². The lowest BCUT2D eigenvalue weighted by atomic mass is 10.2. The van der Waals surface area contributed by atoms with E-state index < -0.39 is 0 Å². The third-order valence-corrected chi connectivity index (χ3v) is 3.54. The summed E-state index contributed by atoms with van der Waals surface area (Å²) >= 11 is 0. The van der Waals surface area contributed by atoms with Gasteiger partial charge >= 0.3 is 0 Å². The first kappa shape index (κ1) is 19.0. The summed E-state index contributed by atoms with van der Waals surface area (Å²) < 4.78 is 5.25. The lowest BCUT2D eigenvalue weighted by molar-refractivity contribution is -0.129. The predicted molar refractivity (Wildman–Crippen MR) is 90.3 cm³/mol. The fourth-order valence-electron chi connectivity index (χ4n) is 2.12. The molecule has 128 valence electrons. The van der Waals surface area contributed by atoms with E-state index in [1.54, 1.807) is 12.0 Å².